The Bertz CT molecular complexity index is 960. The molecule has 0 bridgehead atoms. The molecule has 33 heavy (non-hydrogen) atoms. The van der Waals surface area contributed by atoms with Gasteiger partial charge in [-0.15, -0.1) is 0 Å². The van der Waals surface area contributed by atoms with Gasteiger partial charge in [0.15, 0.2) is 0 Å². The average Bonchev–Trinajstić information content (AvgIpc) is 3.47. The number of carbonyl (C=O) groups is 2. The van der Waals surface area contributed by atoms with Crippen LogP contribution >= 0.6 is 0 Å². The monoisotopic (exact) mass is 460 g/mol. The molecule has 2 heterocycles. The highest BCUT2D eigenvalue weighted by atomic mass is 19.4. The third-order valence-corrected chi connectivity index (χ3v) is 9.58. The largest absolute Gasteiger partial charge is 0.398 e. The molecular formula is C26H31F3N2O2. The number of piperidine rings is 1. The highest BCUT2D eigenvalue weighted by Crippen LogP contribution is 2.60. The van der Waals surface area contributed by atoms with Crippen LogP contribution in [-0.2, 0) is 15.0 Å². The van der Waals surface area contributed by atoms with Gasteiger partial charge in [-0.2, -0.15) is 13.2 Å². The van der Waals surface area contributed by atoms with Crippen molar-refractivity contribution in [1.29, 1.82) is 0 Å². The summed E-state index contributed by atoms with van der Waals surface area (Å²) in [6.07, 6.45) is 3.42. The summed E-state index contributed by atoms with van der Waals surface area (Å²) in [5.74, 6) is 0.834. The summed E-state index contributed by atoms with van der Waals surface area (Å²) < 4.78 is 40.1. The second kappa shape index (κ2) is 6.98. The standard InChI is InChI=1S/C26H31F3N2O2/c27-26(28,29)25(7-8-25)20-3-1-17(2-4-20)18-13-23(14-18)9-11-31(12-10-23)22(33)19-15-24(16-19)6-5-21(32)30-24/h1-4,18-19H,5-16H2,(H,30,32). The zero-order valence-corrected chi connectivity index (χ0v) is 18.8. The van der Waals surface area contributed by atoms with Crippen LogP contribution < -0.4 is 5.32 Å². The van der Waals surface area contributed by atoms with Gasteiger partial charge in [0, 0.05) is 31.0 Å². The first kappa shape index (κ1) is 21.5. The summed E-state index contributed by atoms with van der Waals surface area (Å²) >= 11 is 0. The van der Waals surface area contributed by atoms with Gasteiger partial charge in [0.05, 0.1) is 5.41 Å². The highest BCUT2D eigenvalue weighted by Gasteiger charge is 2.64. The Morgan fingerprint density at radius 1 is 0.939 bits per heavy atom. The van der Waals surface area contributed by atoms with Crippen molar-refractivity contribution in [2.45, 2.75) is 87.3 Å². The molecule has 3 saturated carbocycles. The molecule has 5 fully saturated rings. The minimum Gasteiger partial charge on any atom is -0.351 e. The third kappa shape index (κ3) is 3.40. The lowest BCUT2D eigenvalue weighted by molar-refractivity contribution is -0.160. The van der Waals surface area contributed by atoms with Crippen molar-refractivity contribution >= 4 is 11.8 Å². The Labute approximate surface area is 192 Å². The van der Waals surface area contributed by atoms with E-state index in [4.69, 9.17) is 0 Å². The fourth-order valence-corrected chi connectivity index (χ4v) is 7.16. The molecule has 1 aromatic carbocycles. The number of likely N-dealkylation sites (tertiary alicyclic amines) is 1. The normalized spacial score (nSPS) is 27.8. The molecule has 0 aromatic heterocycles. The van der Waals surface area contributed by atoms with Crippen LogP contribution in [0, 0.1) is 11.3 Å². The number of amides is 2. The molecule has 7 heteroatoms. The molecule has 4 nitrogen and oxygen atoms in total. The maximum atomic E-state index is 13.4. The number of hydrogen-bond donors (Lipinski definition) is 1. The van der Waals surface area contributed by atoms with E-state index in [1.807, 2.05) is 17.0 Å². The second-order valence-electron chi connectivity index (χ2n) is 11.6. The quantitative estimate of drug-likeness (QED) is 0.703. The van der Waals surface area contributed by atoms with Crippen molar-refractivity contribution in [3.63, 3.8) is 0 Å². The maximum absolute atomic E-state index is 13.4. The Kier molecular flexibility index (Phi) is 4.55. The molecule has 0 atom stereocenters. The van der Waals surface area contributed by atoms with E-state index in [1.54, 1.807) is 12.1 Å². The molecule has 3 aliphatic carbocycles. The third-order valence-electron chi connectivity index (χ3n) is 9.58. The number of nitrogens with one attached hydrogen (secondary N) is 1. The van der Waals surface area contributed by atoms with Crippen molar-refractivity contribution in [2.75, 3.05) is 13.1 Å². The van der Waals surface area contributed by atoms with E-state index in [-0.39, 0.29) is 41.5 Å². The van der Waals surface area contributed by atoms with Crippen LogP contribution in [0.1, 0.15) is 81.3 Å². The Balaban J connectivity index is 1.00. The van der Waals surface area contributed by atoms with Crippen LogP contribution in [0.4, 0.5) is 13.2 Å². The van der Waals surface area contributed by atoms with E-state index >= 15 is 0 Å². The van der Waals surface area contributed by atoms with E-state index in [0.717, 1.165) is 63.6 Å². The first-order valence-corrected chi connectivity index (χ1v) is 12.4. The molecule has 178 valence electrons. The SMILES string of the molecule is O=C1CCC2(CC(C(=O)N3CCC4(CC3)CC(c3ccc(C5(C(F)(F)F)CC5)cc3)C4)C2)N1. The van der Waals surface area contributed by atoms with E-state index < -0.39 is 11.6 Å². The molecule has 1 aromatic rings. The van der Waals surface area contributed by atoms with Crippen molar-refractivity contribution in [1.82, 2.24) is 10.2 Å². The predicted molar refractivity (Wildman–Crippen MR) is 116 cm³/mol. The summed E-state index contributed by atoms with van der Waals surface area (Å²) in [6.45, 7) is 1.60. The molecule has 2 saturated heterocycles. The summed E-state index contributed by atoms with van der Waals surface area (Å²) in [5.41, 5.74) is 0.137. The smallest absolute Gasteiger partial charge is 0.351 e. The molecule has 1 N–H and O–H groups in total. The van der Waals surface area contributed by atoms with Crippen LogP contribution in [0.15, 0.2) is 24.3 Å². The Morgan fingerprint density at radius 2 is 1.58 bits per heavy atom. The topological polar surface area (TPSA) is 49.4 Å². The van der Waals surface area contributed by atoms with Crippen molar-refractivity contribution < 1.29 is 22.8 Å². The summed E-state index contributed by atoms with van der Waals surface area (Å²) in [7, 11) is 0. The lowest BCUT2D eigenvalue weighted by Crippen LogP contribution is -2.58. The Hall–Kier alpha value is -2.05. The molecule has 0 unspecified atom stereocenters. The zero-order chi connectivity index (χ0) is 23.1. The number of carbonyl (C=O) groups excluding carboxylic acids is 2. The lowest BCUT2D eigenvalue weighted by Gasteiger charge is -2.53. The first-order valence-electron chi connectivity index (χ1n) is 12.4. The van der Waals surface area contributed by atoms with Gasteiger partial charge in [0.25, 0.3) is 0 Å². The Morgan fingerprint density at radius 3 is 2.09 bits per heavy atom. The van der Waals surface area contributed by atoms with Crippen LogP contribution in [0.25, 0.3) is 0 Å². The van der Waals surface area contributed by atoms with Gasteiger partial charge in [-0.3, -0.25) is 9.59 Å². The molecule has 2 amide bonds. The summed E-state index contributed by atoms with van der Waals surface area (Å²) in [5, 5.41) is 3.06. The van der Waals surface area contributed by atoms with Crippen LogP contribution in [-0.4, -0.2) is 41.5 Å². The van der Waals surface area contributed by atoms with Crippen molar-refractivity contribution in [2.24, 2.45) is 11.3 Å². The predicted octanol–water partition coefficient (Wildman–Crippen LogP) is 4.83. The van der Waals surface area contributed by atoms with E-state index in [0.29, 0.717) is 17.9 Å². The zero-order valence-electron chi connectivity index (χ0n) is 18.8. The summed E-state index contributed by atoms with van der Waals surface area (Å²) in [6, 6.07) is 7.21. The number of nitrogens with zero attached hydrogens (tertiary/aromatic N) is 1. The van der Waals surface area contributed by atoms with Crippen molar-refractivity contribution in [3.05, 3.63) is 35.4 Å². The lowest BCUT2D eigenvalue weighted by atomic mass is 9.56. The number of hydrogen-bond acceptors (Lipinski definition) is 2. The minimum absolute atomic E-state index is 0.0524. The van der Waals surface area contributed by atoms with E-state index in [2.05, 4.69) is 5.32 Å². The van der Waals surface area contributed by atoms with Crippen molar-refractivity contribution in [3.8, 4) is 0 Å². The van der Waals surface area contributed by atoms with Gasteiger partial charge in [0.1, 0.15) is 0 Å². The second-order valence-corrected chi connectivity index (χ2v) is 11.6. The van der Waals surface area contributed by atoms with Crippen LogP contribution in [0.3, 0.4) is 0 Å². The molecule has 2 spiro atoms. The fourth-order valence-electron chi connectivity index (χ4n) is 7.16. The number of benzene rings is 1. The van der Waals surface area contributed by atoms with Gasteiger partial charge in [-0.1, -0.05) is 24.3 Å². The first-order chi connectivity index (χ1) is 15.6. The molecule has 6 rings (SSSR count). The van der Waals surface area contributed by atoms with Crippen LogP contribution in [0.2, 0.25) is 0 Å². The van der Waals surface area contributed by atoms with Gasteiger partial charge in [-0.25, -0.2) is 0 Å². The molecule has 5 aliphatic rings. The van der Waals surface area contributed by atoms with E-state index in [9.17, 15) is 22.8 Å². The number of alkyl halides is 3. The summed E-state index contributed by atoms with van der Waals surface area (Å²) in [4.78, 5) is 26.5. The molecule has 0 radical (unpaired) electrons. The number of rotatable bonds is 3. The van der Waals surface area contributed by atoms with E-state index in [1.165, 1.54) is 0 Å². The highest BCUT2D eigenvalue weighted by molar-refractivity contribution is 5.83. The van der Waals surface area contributed by atoms with Gasteiger partial charge in [-0.05, 0) is 80.2 Å². The molecular weight excluding hydrogens is 429 g/mol. The van der Waals surface area contributed by atoms with Gasteiger partial charge >= 0.3 is 6.18 Å². The molecule has 2 aliphatic heterocycles. The minimum atomic E-state index is -4.16. The van der Waals surface area contributed by atoms with Crippen LogP contribution in [0.5, 0.6) is 0 Å². The van der Waals surface area contributed by atoms with Gasteiger partial charge < -0.3 is 10.2 Å². The average molecular weight is 461 g/mol. The maximum Gasteiger partial charge on any atom is 0.398 e. The fraction of sp³-hybridized carbons (Fsp3) is 0.692. The number of halogens is 3. The van der Waals surface area contributed by atoms with Gasteiger partial charge in [0.2, 0.25) is 11.8 Å².